The molecule has 0 bridgehead atoms. The Morgan fingerprint density at radius 2 is 2.00 bits per heavy atom. The fourth-order valence-electron chi connectivity index (χ4n) is 4.19. The molecule has 0 spiro atoms. The van der Waals surface area contributed by atoms with Crippen molar-refractivity contribution in [1.82, 2.24) is 10.3 Å². The first kappa shape index (κ1) is 22.8. The van der Waals surface area contributed by atoms with Crippen LogP contribution in [-0.2, 0) is 16.0 Å². The second-order valence-corrected chi connectivity index (χ2v) is 9.26. The lowest BCUT2D eigenvalue weighted by atomic mass is 9.87. The predicted octanol–water partition coefficient (Wildman–Crippen LogP) is 4.50. The van der Waals surface area contributed by atoms with Gasteiger partial charge in [-0.15, -0.1) is 0 Å². The molecule has 1 heterocycles. The average Bonchev–Trinajstić information content (AvgIpc) is 3.15. The summed E-state index contributed by atoms with van der Waals surface area (Å²) in [6.45, 7) is 2.20. The Balaban J connectivity index is 1.22. The minimum absolute atomic E-state index is 0.0606. The van der Waals surface area contributed by atoms with Crippen LogP contribution >= 0.6 is 11.3 Å². The number of benzene rings is 1. The first-order valence-electron chi connectivity index (χ1n) is 11.3. The van der Waals surface area contributed by atoms with Crippen LogP contribution in [0.15, 0.2) is 16.9 Å². The predicted molar refractivity (Wildman–Crippen MR) is 121 cm³/mol. The molecule has 1 aromatic heterocycles. The number of hydrogen-bond acceptors (Lipinski definition) is 5. The van der Waals surface area contributed by atoms with E-state index in [0.29, 0.717) is 24.9 Å². The number of thiazole rings is 1. The smallest absolute Gasteiger partial charge is 0.305 e. The Morgan fingerprint density at radius 1 is 1.17 bits per heavy atom. The van der Waals surface area contributed by atoms with Gasteiger partial charge in [-0.1, -0.05) is 55.9 Å². The number of phenolic OH excluding ortho intramolecular Hbond substituents is 1. The number of rotatable bonds is 12. The lowest BCUT2D eigenvalue weighted by Gasteiger charge is -2.21. The van der Waals surface area contributed by atoms with Gasteiger partial charge in [0.05, 0.1) is 4.70 Å². The van der Waals surface area contributed by atoms with E-state index in [0.717, 1.165) is 60.0 Å². The zero-order valence-corrected chi connectivity index (χ0v) is 18.5. The number of H-pyrrole nitrogens is 1. The van der Waals surface area contributed by atoms with Gasteiger partial charge in [0.1, 0.15) is 11.3 Å². The molecule has 1 aliphatic carbocycles. The van der Waals surface area contributed by atoms with E-state index in [-0.39, 0.29) is 16.5 Å². The highest BCUT2D eigenvalue weighted by molar-refractivity contribution is 7.16. The van der Waals surface area contributed by atoms with Gasteiger partial charge >= 0.3 is 4.87 Å². The third kappa shape index (κ3) is 7.13. The third-order valence-electron chi connectivity index (χ3n) is 5.94. The lowest BCUT2D eigenvalue weighted by Crippen LogP contribution is -2.25. The average molecular weight is 435 g/mol. The standard InChI is InChI=1S/C23H34N2O4S/c26-19-11-10-18(22-21(19)25-23(28)30-22)12-14-24-20(27)9-5-2-6-15-29-16-13-17-7-3-1-4-8-17/h10-11,17,26H,1-9,12-16H2,(H,24,27)(H,25,28). The number of unbranched alkanes of at least 4 members (excludes halogenated alkanes) is 2. The van der Waals surface area contributed by atoms with Gasteiger partial charge in [0.15, 0.2) is 0 Å². The zero-order chi connectivity index (χ0) is 21.2. The lowest BCUT2D eigenvalue weighted by molar-refractivity contribution is -0.121. The molecule has 1 aromatic carbocycles. The maximum absolute atomic E-state index is 12.0. The number of carbonyl (C=O) groups is 1. The molecule has 0 unspecified atom stereocenters. The normalized spacial score (nSPS) is 14.9. The number of carbonyl (C=O) groups excluding carboxylic acids is 1. The van der Waals surface area contributed by atoms with Crippen LogP contribution in [0.1, 0.15) is 69.8 Å². The van der Waals surface area contributed by atoms with Crippen molar-refractivity contribution in [3.8, 4) is 5.75 Å². The monoisotopic (exact) mass is 434 g/mol. The van der Waals surface area contributed by atoms with Crippen molar-refractivity contribution >= 4 is 27.5 Å². The van der Waals surface area contributed by atoms with Crippen molar-refractivity contribution in [2.45, 2.75) is 70.6 Å². The van der Waals surface area contributed by atoms with E-state index < -0.39 is 0 Å². The van der Waals surface area contributed by atoms with Gasteiger partial charge in [-0.05, 0) is 43.2 Å². The highest BCUT2D eigenvalue weighted by Crippen LogP contribution is 2.28. The van der Waals surface area contributed by atoms with Crippen LogP contribution in [0, 0.1) is 5.92 Å². The molecule has 166 valence electrons. The summed E-state index contributed by atoms with van der Waals surface area (Å²) in [5.41, 5.74) is 1.44. The van der Waals surface area contributed by atoms with Gasteiger partial charge in [-0.2, -0.15) is 0 Å². The summed E-state index contributed by atoms with van der Waals surface area (Å²) >= 11 is 1.09. The molecule has 0 saturated heterocycles. The van der Waals surface area contributed by atoms with Crippen LogP contribution in [0.5, 0.6) is 5.75 Å². The number of nitrogens with one attached hydrogen (secondary N) is 2. The van der Waals surface area contributed by atoms with Gasteiger partial charge in [0, 0.05) is 26.2 Å². The van der Waals surface area contributed by atoms with Crippen LogP contribution < -0.4 is 10.2 Å². The molecule has 0 radical (unpaired) electrons. The van der Waals surface area contributed by atoms with E-state index in [1.165, 1.54) is 38.5 Å². The summed E-state index contributed by atoms with van der Waals surface area (Å²) in [7, 11) is 0. The summed E-state index contributed by atoms with van der Waals surface area (Å²) in [5.74, 6) is 1.01. The van der Waals surface area contributed by atoms with Gasteiger partial charge in [0.25, 0.3) is 0 Å². The second-order valence-electron chi connectivity index (χ2n) is 8.28. The summed E-state index contributed by atoms with van der Waals surface area (Å²) in [4.78, 5) is 26.0. The molecule has 7 heteroatoms. The topological polar surface area (TPSA) is 91.4 Å². The molecule has 30 heavy (non-hydrogen) atoms. The van der Waals surface area contributed by atoms with E-state index in [9.17, 15) is 14.7 Å². The highest BCUT2D eigenvalue weighted by atomic mass is 32.1. The number of aromatic nitrogens is 1. The van der Waals surface area contributed by atoms with Crippen LogP contribution in [0.3, 0.4) is 0 Å². The molecule has 0 aliphatic heterocycles. The summed E-state index contributed by atoms with van der Waals surface area (Å²) in [5, 5.41) is 12.8. The van der Waals surface area contributed by atoms with Crippen LogP contribution in [0.2, 0.25) is 0 Å². The van der Waals surface area contributed by atoms with Crippen LogP contribution in [-0.4, -0.2) is 35.8 Å². The van der Waals surface area contributed by atoms with Crippen LogP contribution in [0.4, 0.5) is 0 Å². The molecule has 2 aromatic rings. The largest absolute Gasteiger partial charge is 0.506 e. The molecule has 6 nitrogen and oxygen atoms in total. The number of phenols is 1. The fraction of sp³-hybridized carbons (Fsp3) is 0.652. The van der Waals surface area contributed by atoms with Crippen molar-refractivity contribution < 1.29 is 14.6 Å². The minimum atomic E-state index is -0.185. The third-order valence-corrected chi connectivity index (χ3v) is 6.90. The fourth-order valence-corrected chi connectivity index (χ4v) is 5.09. The van der Waals surface area contributed by atoms with Crippen LogP contribution in [0.25, 0.3) is 10.2 Å². The molecule has 1 fully saturated rings. The number of fused-ring (bicyclic) bond motifs is 1. The maximum atomic E-state index is 12.0. The van der Waals surface area contributed by atoms with Crippen molar-refractivity contribution in [3.05, 3.63) is 27.4 Å². The molecule has 1 amide bonds. The van der Waals surface area contributed by atoms with Crippen molar-refractivity contribution in [2.24, 2.45) is 5.92 Å². The molecule has 3 N–H and O–H groups in total. The maximum Gasteiger partial charge on any atom is 0.305 e. The SMILES string of the molecule is O=C(CCCCCOCCC1CCCCC1)NCCc1ccc(O)c2[nH]c(=O)sc12. The van der Waals surface area contributed by atoms with Crippen molar-refractivity contribution in [2.75, 3.05) is 19.8 Å². The molecular weight excluding hydrogens is 400 g/mol. The van der Waals surface area contributed by atoms with E-state index in [1.807, 2.05) is 6.07 Å². The van der Waals surface area contributed by atoms with Gasteiger partial charge < -0.3 is 20.1 Å². The van der Waals surface area contributed by atoms with Gasteiger partial charge in [-0.3, -0.25) is 9.59 Å². The Morgan fingerprint density at radius 3 is 2.83 bits per heavy atom. The number of aromatic amines is 1. The van der Waals surface area contributed by atoms with E-state index in [1.54, 1.807) is 6.07 Å². The van der Waals surface area contributed by atoms with E-state index in [4.69, 9.17) is 4.74 Å². The summed E-state index contributed by atoms with van der Waals surface area (Å²) in [6.07, 6.45) is 12.2. The van der Waals surface area contributed by atoms with Gasteiger partial charge in [0.2, 0.25) is 5.91 Å². The summed E-state index contributed by atoms with van der Waals surface area (Å²) in [6, 6.07) is 3.39. The minimum Gasteiger partial charge on any atom is -0.506 e. The number of hydrogen-bond donors (Lipinski definition) is 3. The Kier molecular flexibility index (Phi) is 9.21. The van der Waals surface area contributed by atoms with Gasteiger partial charge in [-0.25, -0.2) is 0 Å². The van der Waals surface area contributed by atoms with Crippen molar-refractivity contribution in [3.63, 3.8) is 0 Å². The Labute approximate surface area is 182 Å². The number of ether oxygens (including phenoxy) is 1. The molecule has 0 atom stereocenters. The Hall–Kier alpha value is -1.86. The Bertz CT molecular complexity index is 854. The second kappa shape index (κ2) is 12.1. The van der Waals surface area contributed by atoms with E-state index >= 15 is 0 Å². The molecule has 1 saturated carbocycles. The zero-order valence-electron chi connectivity index (χ0n) is 17.7. The quantitative estimate of drug-likeness (QED) is 0.429. The van der Waals surface area contributed by atoms with Crippen molar-refractivity contribution in [1.29, 1.82) is 0 Å². The highest BCUT2D eigenvalue weighted by Gasteiger charge is 2.13. The molecule has 1 aliphatic rings. The number of amides is 1. The first-order chi connectivity index (χ1) is 14.6. The van der Waals surface area contributed by atoms with E-state index in [2.05, 4.69) is 10.3 Å². The molecular formula is C23H34N2O4S. The molecule has 3 rings (SSSR count). The first-order valence-corrected chi connectivity index (χ1v) is 12.1. The summed E-state index contributed by atoms with van der Waals surface area (Å²) < 4.78 is 6.52. The number of aromatic hydroxyl groups is 1.